The number of benzene rings is 2. The van der Waals surface area contributed by atoms with Gasteiger partial charge in [-0.15, -0.1) is 0 Å². The van der Waals surface area contributed by atoms with Crippen LogP contribution in [0.4, 0.5) is 5.69 Å². The van der Waals surface area contributed by atoms with Gasteiger partial charge in [0.2, 0.25) is 0 Å². The molecule has 2 heterocycles. The first kappa shape index (κ1) is 20.1. The average Bonchev–Trinajstić information content (AvgIpc) is 3.33. The summed E-state index contributed by atoms with van der Waals surface area (Å²) in [5.74, 6) is 0.323. The molecule has 0 atom stereocenters. The van der Waals surface area contributed by atoms with Crippen molar-refractivity contribution in [2.75, 3.05) is 4.90 Å². The Bertz CT molecular complexity index is 1180. The van der Waals surface area contributed by atoms with Crippen molar-refractivity contribution in [2.45, 2.75) is 20.4 Å². The molecular formula is C23H21BrN4O2. The van der Waals surface area contributed by atoms with E-state index >= 15 is 0 Å². The molecule has 4 rings (SSSR count). The summed E-state index contributed by atoms with van der Waals surface area (Å²) in [6.07, 6.45) is 0. The van der Waals surface area contributed by atoms with Crippen molar-refractivity contribution in [2.24, 2.45) is 7.05 Å². The van der Waals surface area contributed by atoms with Crippen LogP contribution in [0.2, 0.25) is 0 Å². The van der Waals surface area contributed by atoms with Gasteiger partial charge in [0.05, 0.1) is 12.2 Å². The van der Waals surface area contributed by atoms with Gasteiger partial charge in [0.15, 0.2) is 11.5 Å². The summed E-state index contributed by atoms with van der Waals surface area (Å²) in [6, 6.07) is 18.9. The summed E-state index contributed by atoms with van der Waals surface area (Å²) in [7, 11) is 1.91. The quantitative estimate of drug-likeness (QED) is 0.401. The second-order valence-electron chi connectivity index (χ2n) is 7.08. The van der Waals surface area contributed by atoms with Gasteiger partial charge < -0.3 is 9.42 Å². The van der Waals surface area contributed by atoms with E-state index in [1.165, 1.54) is 0 Å². The number of nitrogens with zero attached hydrogens (tertiary/aromatic N) is 4. The highest BCUT2D eigenvalue weighted by atomic mass is 79.9. The van der Waals surface area contributed by atoms with Crippen LogP contribution in [0.1, 0.15) is 27.4 Å². The number of halogens is 1. The number of hydrogen-bond donors (Lipinski definition) is 0. The molecule has 7 heteroatoms. The summed E-state index contributed by atoms with van der Waals surface area (Å²) in [6.45, 7) is 4.36. The molecule has 1 amide bonds. The van der Waals surface area contributed by atoms with Crippen molar-refractivity contribution in [1.82, 2.24) is 14.9 Å². The van der Waals surface area contributed by atoms with Crippen LogP contribution >= 0.6 is 15.9 Å². The summed E-state index contributed by atoms with van der Waals surface area (Å²) in [4.78, 5) is 15.2. The summed E-state index contributed by atoms with van der Waals surface area (Å²) in [5, 5.41) is 8.54. The maximum absolute atomic E-state index is 13.4. The first-order valence-electron chi connectivity index (χ1n) is 9.52. The second kappa shape index (κ2) is 8.28. The highest BCUT2D eigenvalue weighted by Crippen LogP contribution is 2.26. The number of aromatic nitrogens is 3. The van der Waals surface area contributed by atoms with Crippen LogP contribution in [0.15, 0.2) is 69.7 Å². The Labute approximate surface area is 183 Å². The molecular weight excluding hydrogens is 444 g/mol. The van der Waals surface area contributed by atoms with Crippen molar-refractivity contribution in [3.63, 3.8) is 0 Å². The Morgan fingerprint density at radius 1 is 1.10 bits per heavy atom. The molecule has 0 saturated heterocycles. The Hall–Kier alpha value is -3.19. The van der Waals surface area contributed by atoms with E-state index in [0.29, 0.717) is 12.3 Å². The normalized spacial score (nSPS) is 10.9. The Morgan fingerprint density at radius 2 is 1.80 bits per heavy atom. The zero-order chi connectivity index (χ0) is 21.3. The molecule has 4 aromatic rings. The summed E-state index contributed by atoms with van der Waals surface area (Å²) in [5.41, 5.74) is 4.85. The van der Waals surface area contributed by atoms with Gasteiger partial charge in [0.1, 0.15) is 0 Å². The first-order chi connectivity index (χ1) is 14.4. The van der Waals surface area contributed by atoms with Gasteiger partial charge in [-0.05, 0) is 38.1 Å². The lowest BCUT2D eigenvalue weighted by Gasteiger charge is -2.22. The van der Waals surface area contributed by atoms with Crippen LogP contribution in [0.25, 0.3) is 11.3 Å². The molecule has 6 nitrogen and oxygen atoms in total. The number of carbonyl (C=O) groups is 1. The predicted octanol–water partition coefficient (Wildman–Crippen LogP) is 5.30. The number of anilines is 1. The molecule has 0 N–H and O–H groups in total. The van der Waals surface area contributed by atoms with Crippen LogP contribution in [0.3, 0.4) is 0 Å². The van der Waals surface area contributed by atoms with Crippen molar-refractivity contribution >= 4 is 27.5 Å². The zero-order valence-corrected chi connectivity index (χ0v) is 18.5. The third kappa shape index (κ3) is 3.93. The topological polar surface area (TPSA) is 64.2 Å². The molecule has 0 aliphatic rings. The molecule has 30 heavy (non-hydrogen) atoms. The van der Waals surface area contributed by atoms with Gasteiger partial charge in [-0.25, -0.2) is 0 Å². The lowest BCUT2D eigenvalue weighted by molar-refractivity contribution is 0.0976. The Balaban J connectivity index is 1.69. The van der Waals surface area contributed by atoms with E-state index in [9.17, 15) is 4.79 Å². The molecule has 152 valence electrons. The van der Waals surface area contributed by atoms with E-state index in [1.54, 1.807) is 11.0 Å². The first-order valence-corrected chi connectivity index (χ1v) is 10.3. The standard InChI is InChI=1S/C23H21BrN4O2/c1-15-20(16(2)27(3)25-15)14-28(19-7-5-4-6-8-19)23(29)21-13-22(30-26-21)17-9-11-18(24)12-10-17/h4-13H,14H2,1-3H3. The number of carbonyl (C=O) groups excluding carboxylic acids is 1. The second-order valence-corrected chi connectivity index (χ2v) is 8.00. The molecule has 0 unspecified atom stereocenters. The van der Waals surface area contributed by atoms with E-state index in [2.05, 4.69) is 26.2 Å². The van der Waals surface area contributed by atoms with Crippen molar-refractivity contribution < 1.29 is 9.32 Å². The molecule has 0 fully saturated rings. The highest BCUT2D eigenvalue weighted by molar-refractivity contribution is 9.10. The van der Waals surface area contributed by atoms with Crippen LogP contribution in [-0.2, 0) is 13.6 Å². The SMILES string of the molecule is Cc1nn(C)c(C)c1CN(C(=O)c1cc(-c2ccc(Br)cc2)on1)c1ccccc1. The number of rotatable bonds is 5. The predicted molar refractivity (Wildman–Crippen MR) is 119 cm³/mol. The maximum Gasteiger partial charge on any atom is 0.280 e. The minimum absolute atomic E-state index is 0.226. The van der Waals surface area contributed by atoms with Gasteiger partial charge in [-0.3, -0.25) is 9.48 Å². The molecule has 2 aromatic heterocycles. The number of hydrogen-bond acceptors (Lipinski definition) is 4. The van der Waals surface area contributed by atoms with Crippen molar-refractivity contribution in [3.8, 4) is 11.3 Å². The maximum atomic E-state index is 13.4. The van der Waals surface area contributed by atoms with E-state index < -0.39 is 0 Å². The van der Waals surface area contributed by atoms with E-state index in [0.717, 1.165) is 32.7 Å². The summed E-state index contributed by atoms with van der Waals surface area (Å²) >= 11 is 3.42. The van der Waals surface area contributed by atoms with Gasteiger partial charge in [-0.1, -0.05) is 51.4 Å². The number of para-hydroxylation sites is 1. The van der Waals surface area contributed by atoms with E-state index in [-0.39, 0.29) is 11.6 Å². The van der Waals surface area contributed by atoms with Gasteiger partial charge in [0, 0.05) is 40.1 Å². The molecule has 0 aliphatic carbocycles. The van der Waals surface area contributed by atoms with Gasteiger partial charge in [-0.2, -0.15) is 5.10 Å². The fraction of sp³-hybridized carbons (Fsp3) is 0.174. The molecule has 0 aliphatic heterocycles. The van der Waals surface area contributed by atoms with E-state index in [1.807, 2.05) is 80.2 Å². The molecule has 0 saturated carbocycles. The van der Waals surface area contributed by atoms with Gasteiger partial charge in [0.25, 0.3) is 5.91 Å². The minimum atomic E-state index is -0.226. The Morgan fingerprint density at radius 3 is 2.43 bits per heavy atom. The number of amides is 1. The summed E-state index contributed by atoms with van der Waals surface area (Å²) < 4.78 is 8.28. The van der Waals surface area contributed by atoms with Crippen LogP contribution < -0.4 is 4.90 Å². The third-order valence-corrected chi connectivity index (χ3v) is 5.67. The lowest BCUT2D eigenvalue weighted by Crippen LogP contribution is -2.31. The fourth-order valence-corrected chi connectivity index (χ4v) is 3.62. The lowest BCUT2D eigenvalue weighted by atomic mass is 10.1. The van der Waals surface area contributed by atoms with Crippen LogP contribution in [0.5, 0.6) is 0 Å². The molecule has 0 bridgehead atoms. The van der Waals surface area contributed by atoms with Crippen molar-refractivity contribution in [1.29, 1.82) is 0 Å². The zero-order valence-electron chi connectivity index (χ0n) is 17.0. The molecule has 0 radical (unpaired) electrons. The smallest absolute Gasteiger partial charge is 0.280 e. The monoisotopic (exact) mass is 464 g/mol. The van der Waals surface area contributed by atoms with E-state index in [4.69, 9.17) is 4.52 Å². The average molecular weight is 465 g/mol. The van der Waals surface area contributed by atoms with Crippen molar-refractivity contribution in [3.05, 3.63) is 87.8 Å². The molecule has 2 aromatic carbocycles. The number of aryl methyl sites for hydroxylation is 2. The Kier molecular flexibility index (Phi) is 5.55. The van der Waals surface area contributed by atoms with Gasteiger partial charge >= 0.3 is 0 Å². The fourth-order valence-electron chi connectivity index (χ4n) is 3.36. The third-order valence-electron chi connectivity index (χ3n) is 5.15. The largest absolute Gasteiger partial charge is 0.355 e. The van der Waals surface area contributed by atoms with Crippen LogP contribution in [-0.4, -0.2) is 20.8 Å². The minimum Gasteiger partial charge on any atom is -0.355 e. The van der Waals surface area contributed by atoms with Crippen LogP contribution in [0, 0.1) is 13.8 Å². The highest BCUT2D eigenvalue weighted by Gasteiger charge is 2.24. The molecule has 0 spiro atoms.